The molecule has 1 aliphatic heterocycles. The zero-order chi connectivity index (χ0) is 17.3. The number of benzene rings is 2. The Morgan fingerprint density at radius 3 is 2.54 bits per heavy atom. The third kappa shape index (κ3) is 3.04. The van der Waals surface area contributed by atoms with Crippen molar-refractivity contribution in [3.8, 4) is 0 Å². The molecular formula is C20H21NO3. The van der Waals surface area contributed by atoms with Crippen LogP contribution in [0.1, 0.15) is 48.2 Å². The van der Waals surface area contributed by atoms with E-state index in [1.54, 1.807) is 25.1 Å². The molecule has 0 radical (unpaired) electrons. The number of rotatable bonds is 3. The maximum Gasteiger partial charge on any atom is 0.339 e. The number of anilines is 1. The SMILES string of the molecule is CC(C)c1ccc2c(c1)CC(C)(C(=O)Nc1ccccc1)OC2=O. The van der Waals surface area contributed by atoms with Gasteiger partial charge in [0.15, 0.2) is 5.60 Å². The lowest BCUT2D eigenvalue weighted by molar-refractivity contribution is -0.134. The average molecular weight is 323 g/mol. The molecule has 1 N–H and O–H groups in total. The van der Waals surface area contributed by atoms with Crippen LogP contribution < -0.4 is 5.32 Å². The first kappa shape index (κ1) is 16.2. The predicted molar refractivity (Wildman–Crippen MR) is 93.1 cm³/mol. The summed E-state index contributed by atoms with van der Waals surface area (Å²) in [5.41, 5.74) is 2.03. The Bertz CT molecular complexity index is 783. The van der Waals surface area contributed by atoms with E-state index in [4.69, 9.17) is 4.74 Å². The Kier molecular flexibility index (Phi) is 4.14. The van der Waals surface area contributed by atoms with Crippen LogP contribution in [-0.2, 0) is 16.0 Å². The van der Waals surface area contributed by atoms with E-state index in [-0.39, 0.29) is 5.91 Å². The largest absolute Gasteiger partial charge is 0.445 e. The van der Waals surface area contributed by atoms with Gasteiger partial charge in [-0.25, -0.2) is 4.79 Å². The summed E-state index contributed by atoms with van der Waals surface area (Å²) in [6, 6.07) is 14.9. The molecule has 0 saturated carbocycles. The van der Waals surface area contributed by atoms with Gasteiger partial charge in [0.1, 0.15) is 0 Å². The number of hydrogen-bond acceptors (Lipinski definition) is 3. The van der Waals surface area contributed by atoms with Crippen molar-refractivity contribution in [1.29, 1.82) is 0 Å². The Morgan fingerprint density at radius 2 is 1.88 bits per heavy atom. The van der Waals surface area contributed by atoms with Crippen LogP contribution in [0, 0.1) is 0 Å². The van der Waals surface area contributed by atoms with Gasteiger partial charge >= 0.3 is 5.97 Å². The zero-order valence-corrected chi connectivity index (χ0v) is 14.1. The van der Waals surface area contributed by atoms with E-state index in [1.807, 2.05) is 30.3 Å². The first-order valence-electron chi connectivity index (χ1n) is 8.12. The lowest BCUT2D eigenvalue weighted by Gasteiger charge is -2.33. The van der Waals surface area contributed by atoms with Crippen molar-refractivity contribution in [2.75, 3.05) is 5.32 Å². The van der Waals surface area contributed by atoms with Crippen LogP contribution in [0.2, 0.25) is 0 Å². The van der Waals surface area contributed by atoms with E-state index in [9.17, 15) is 9.59 Å². The summed E-state index contributed by atoms with van der Waals surface area (Å²) in [6.07, 6.45) is 0.368. The number of carbonyl (C=O) groups excluding carboxylic acids is 2. The van der Waals surface area contributed by atoms with Gasteiger partial charge < -0.3 is 10.1 Å². The fourth-order valence-corrected chi connectivity index (χ4v) is 2.89. The summed E-state index contributed by atoms with van der Waals surface area (Å²) >= 11 is 0. The minimum Gasteiger partial charge on any atom is -0.445 e. The molecule has 1 atom stereocenters. The molecule has 1 amide bonds. The molecule has 2 aromatic carbocycles. The number of amides is 1. The molecule has 124 valence electrons. The number of carbonyl (C=O) groups is 2. The maximum absolute atomic E-state index is 12.7. The van der Waals surface area contributed by atoms with Crippen LogP contribution >= 0.6 is 0 Å². The summed E-state index contributed by atoms with van der Waals surface area (Å²) < 4.78 is 5.48. The topological polar surface area (TPSA) is 55.4 Å². The number of ether oxygens (including phenoxy) is 1. The molecule has 0 aromatic heterocycles. The van der Waals surface area contributed by atoms with Gasteiger partial charge in [-0.2, -0.15) is 0 Å². The second-order valence-corrected chi connectivity index (χ2v) is 6.69. The molecule has 4 heteroatoms. The van der Waals surface area contributed by atoms with Crippen molar-refractivity contribution in [2.45, 2.75) is 38.7 Å². The number of esters is 1. The number of para-hydroxylation sites is 1. The van der Waals surface area contributed by atoms with Crippen LogP contribution in [-0.4, -0.2) is 17.5 Å². The summed E-state index contributed by atoms with van der Waals surface area (Å²) in [5, 5.41) is 2.82. The van der Waals surface area contributed by atoms with E-state index < -0.39 is 11.6 Å². The molecule has 4 nitrogen and oxygen atoms in total. The van der Waals surface area contributed by atoms with Crippen LogP contribution in [0.5, 0.6) is 0 Å². The summed E-state index contributed by atoms with van der Waals surface area (Å²) in [4.78, 5) is 25.0. The van der Waals surface area contributed by atoms with E-state index in [0.717, 1.165) is 11.1 Å². The zero-order valence-electron chi connectivity index (χ0n) is 14.1. The molecule has 0 spiro atoms. The Hall–Kier alpha value is -2.62. The smallest absolute Gasteiger partial charge is 0.339 e. The van der Waals surface area contributed by atoms with E-state index in [0.29, 0.717) is 23.6 Å². The first-order valence-corrected chi connectivity index (χ1v) is 8.12. The number of fused-ring (bicyclic) bond motifs is 1. The van der Waals surface area contributed by atoms with Crippen molar-refractivity contribution in [2.24, 2.45) is 0 Å². The van der Waals surface area contributed by atoms with Crippen molar-refractivity contribution in [3.63, 3.8) is 0 Å². The molecule has 0 fully saturated rings. The number of hydrogen-bond donors (Lipinski definition) is 1. The molecule has 0 bridgehead atoms. The van der Waals surface area contributed by atoms with Gasteiger partial charge in [0.25, 0.3) is 5.91 Å². The van der Waals surface area contributed by atoms with Crippen molar-refractivity contribution in [3.05, 3.63) is 65.2 Å². The van der Waals surface area contributed by atoms with Gasteiger partial charge in [0, 0.05) is 12.1 Å². The summed E-state index contributed by atoms with van der Waals surface area (Å²) in [6.45, 7) is 5.86. The van der Waals surface area contributed by atoms with Gasteiger partial charge in [-0.15, -0.1) is 0 Å². The Morgan fingerprint density at radius 1 is 1.17 bits per heavy atom. The number of cyclic esters (lactones) is 1. The van der Waals surface area contributed by atoms with Crippen molar-refractivity contribution in [1.82, 2.24) is 0 Å². The van der Waals surface area contributed by atoms with Crippen molar-refractivity contribution < 1.29 is 14.3 Å². The quantitative estimate of drug-likeness (QED) is 0.871. The molecule has 1 aliphatic rings. The van der Waals surface area contributed by atoms with Crippen LogP contribution in [0.4, 0.5) is 5.69 Å². The van der Waals surface area contributed by atoms with Gasteiger partial charge in [-0.05, 0) is 42.2 Å². The Labute approximate surface area is 141 Å². The molecular weight excluding hydrogens is 302 g/mol. The summed E-state index contributed by atoms with van der Waals surface area (Å²) in [5.74, 6) is -0.405. The lowest BCUT2D eigenvalue weighted by atomic mass is 9.86. The van der Waals surface area contributed by atoms with Gasteiger partial charge in [0.05, 0.1) is 5.56 Å². The van der Waals surface area contributed by atoms with E-state index >= 15 is 0 Å². The molecule has 1 heterocycles. The highest BCUT2D eigenvalue weighted by molar-refractivity contribution is 6.02. The van der Waals surface area contributed by atoms with E-state index in [2.05, 4.69) is 19.2 Å². The number of nitrogens with one attached hydrogen (secondary N) is 1. The van der Waals surface area contributed by atoms with Crippen LogP contribution in [0.3, 0.4) is 0 Å². The molecule has 24 heavy (non-hydrogen) atoms. The first-order chi connectivity index (χ1) is 11.4. The molecule has 0 aliphatic carbocycles. The van der Waals surface area contributed by atoms with Gasteiger partial charge in [-0.1, -0.05) is 44.2 Å². The monoisotopic (exact) mass is 323 g/mol. The summed E-state index contributed by atoms with van der Waals surface area (Å²) in [7, 11) is 0. The fraction of sp³-hybridized carbons (Fsp3) is 0.300. The third-order valence-corrected chi connectivity index (χ3v) is 4.37. The molecule has 1 unspecified atom stereocenters. The van der Waals surface area contributed by atoms with Crippen LogP contribution in [0.25, 0.3) is 0 Å². The second kappa shape index (κ2) is 6.11. The minimum absolute atomic E-state index is 0.317. The molecule has 3 rings (SSSR count). The second-order valence-electron chi connectivity index (χ2n) is 6.69. The van der Waals surface area contributed by atoms with Gasteiger partial charge in [-0.3, -0.25) is 4.79 Å². The third-order valence-electron chi connectivity index (χ3n) is 4.37. The average Bonchev–Trinajstić information content (AvgIpc) is 2.55. The van der Waals surface area contributed by atoms with Crippen LogP contribution in [0.15, 0.2) is 48.5 Å². The standard InChI is InChI=1S/C20H21NO3/c1-13(2)14-9-10-17-15(11-14)12-20(3,24-18(17)22)19(23)21-16-7-5-4-6-8-16/h4-11,13H,12H2,1-3H3,(H,21,23). The Balaban J connectivity index is 1.88. The fourth-order valence-electron chi connectivity index (χ4n) is 2.89. The minimum atomic E-state index is -1.21. The molecule has 2 aromatic rings. The lowest BCUT2D eigenvalue weighted by Crippen LogP contribution is -2.49. The van der Waals surface area contributed by atoms with Crippen molar-refractivity contribution >= 4 is 17.6 Å². The highest BCUT2D eigenvalue weighted by Gasteiger charge is 2.42. The highest BCUT2D eigenvalue weighted by Crippen LogP contribution is 2.31. The molecule has 0 saturated heterocycles. The van der Waals surface area contributed by atoms with E-state index in [1.165, 1.54) is 0 Å². The maximum atomic E-state index is 12.7. The van der Waals surface area contributed by atoms with Gasteiger partial charge in [0.2, 0.25) is 0 Å². The highest BCUT2D eigenvalue weighted by atomic mass is 16.6. The normalized spacial score (nSPS) is 19.6. The predicted octanol–water partition coefficient (Wildman–Crippen LogP) is 3.92.